The summed E-state index contributed by atoms with van der Waals surface area (Å²) in [5.74, 6) is 0.437. The van der Waals surface area contributed by atoms with Gasteiger partial charge in [0.05, 0.1) is 19.3 Å². The normalized spacial score (nSPS) is 11.2. The lowest BCUT2D eigenvalue weighted by Crippen LogP contribution is -2.44. The Hall–Kier alpha value is -3.20. The number of carbonyl (C=O) groups is 3. The molecule has 32 heavy (non-hydrogen) atoms. The smallest absolute Gasteiger partial charge is 0.413 e. The molecule has 0 heterocycles. The van der Waals surface area contributed by atoms with Gasteiger partial charge < -0.3 is 20.1 Å². The molecule has 0 fully saturated rings. The highest BCUT2D eigenvalue weighted by atomic mass is 32.2. The highest BCUT2D eigenvalue weighted by Crippen LogP contribution is 2.19. The van der Waals surface area contributed by atoms with Crippen LogP contribution in [0.25, 0.3) is 0 Å². The van der Waals surface area contributed by atoms with Crippen molar-refractivity contribution in [3.8, 4) is 5.75 Å². The molecule has 9 heteroatoms. The molecule has 0 aliphatic carbocycles. The van der Waals surface area contributed by atoms with Crippen molar-refractivity contribution in [2.75, 3.05) is 43.0 Å². The molecule has 0 aromatic heterocycles. The van der Waals surface area contributed by atoms with E-state index in [1.54, 1.807) is 74.3 Å². The molecule has 172 valence electrons. The fourth-order valence-electron chi connectivity index (χ4n) is 2.90. The second kappa shape index (κ2) is 12.6. The highest BCUT2D eigenvalue weighted by molar-refractivity contribution is 7.98. The number of carbonyl (C=O) groups excluding carboxylic acids is 3. The Balaban J connectivity index is 2.09. The van der Waals surface area contributed by atoms with Crippen LogP contribution in [0.15, 0.2) is 48.5 Å². The van der Waals surface area contributed by atoms with E-state index in [4.69, 9.17) is 9.47 Å². The molecule has 8 nitrogen and oxygen atoms in total. The van der Waals surface area contributed by atoms with Gasteiger partial charge in [-0.3, -0.25) is 14.5 Å². The van der Waals surface area contributed by atoms with Gasteiger partial charge in [-0.15, -0.1) is 0 Å². The van der Waals surface area contributed by atoms with E-state index < -0.39 is 12.1 Å². The zero-order valence-electron chi connectivity index (χ0n) is 18.7. The maximum absolute atomic E-state index is 12.9. The number of methoxy groups -OCH3 is 1. The average molecular weight is 460 g/mol. The zero-order chi connectivity index (χ0) is 23.5. The van der Waals surface area contributed by atoms with Crippen molar-refractivity contribution in [1.29, 1.82) is 0 Å². The summed E-state index contributed by atoms with van der Waals surface area (Å²) in [5.41, 5.74) is 1.55. The Kier molecular flexibility index (Phi) is 9.87. The molecule has 0 aliphatic heterocycles. The van der Waals surface area contributed by atoms with E-state index in [2.05, 4.69) is 10.6 Å². The fourth-order valence-corrected chi connectivity index (χ4v) is 3.37. The van der Waals surface area contributed by atoms with E-state index in [1.165, 1.54) is 12.0 Å². The van der Waals surface area contributed by atoms with Crippen molar-refractivity contribution in [2.45, 2.75) is 19.4 Å². The number of benzene rings is 2. The molecule has 1 unspecified atom stereocenters. The molecule has 0 saturated heterocycles. The number of anilines is 2. The van der Waals surface area contributed by atoms with Gasteiger partial charge in [0.1, 0.15) is 11.8 Å². The van der Waals surface area contributed by atoms with Gasteiger partial charge in [-0.25, -0.2) is 4.79 Å². The second-order valence-corrected chi connectivity index (χ2v) is 7.79. The number of hydrogen-bond acceptors (Lipinski definition) is 6. The number of amides is 3. The van der Waals surface area contributed by atoms with E-state index in [9.17, 15) is 14.4 Å². The van der Waals surface area contributed by atoms with Crippen molar-refractivity contribution in [3.63, 3.8) is 0 Å². The fraction of sp³-hybridized carbons (Fsp3) is 0.348. The van der Waals surface area contributed by atoms with E-state index in [0.717, 1.165) is 0 Å². The first kappa shape index (κ1) is 25.1. The van der Waals surface area contributed by atoms with E-state index in [-0.39, 0.29) is 18.4 Å². The quantitative estimate of drug-likeness (QED) is 0.561. The van der Waals surface area contributed by atoms with E-state index in [0.29, 0.717) is 34.9 Å². The Labute approximate surface area is 192 Å². The minimum Gasteiger partial charge on any atom is -0.496 e. The first-order valence-corrected chi connectivity index (χ1v) is 11.5. The van der Waals surface area contributed by atoms with Crippen LogP contribution in [0.5, 0.6) is 5.75 Å². The number of hydrogen-bond donors (Lipinski definition) is 2. The number of ether oxygens (including phenoxy) is 2. The topological polar surface area (TPSA) is 97.0 Å². The molecule has 0 spiro atoms. The second-order valence-electron chi connectivity index (χ2n) is 6.80. The van der Waals surface area contributed by atoms with Crippen LogP contribution in [0.3, 0.4) is 0 Å². The SMILES string of the molecule is CCOC(=O)N(C)c1ccc(NC(=O)C(CCSC)NC(=O)c2ccccc2OC)cc1. The van der Waals surface area contributed by atoms with Crippen molar-refractivity contribution in [2.24, 2.45) is 0 Å². The summed E-state index contributed by atoms with van der Waals surface area (Å²) >= 11 is 1.59. The number of nitrogens with one attached hydrogen (secondary N) is 2. The highest BCUT2D eigenvalue weighted by Gasteiger charge is 2.23. The molecule has 0 bridgehead atoms. The molecule has 2 rings (SSSR count). The Morgan fingerprint density at radius 2 is 1.78 bits per heavy atom. The van der Waals surface area contributed by atoms with Crippen LogP contribution >= 0.6 is 11.8 Å². The molecular formula is C23H29N3O5S. The van der Waals surface area contributed by atoms with Gasteiger partial charge in [0.2, 0.25) is 5.91 Å². The molecular weight excluding hydrogens is 430 g/mol. The standard InChI is InChI=1S/C23H29N3O5S/c1-5-31-23(29)26(2)17-12-10-16(11-13-17)24-22(28)19(14-15-32-4)25-21(27)18-8-6-7-9-20(18)30-3/h6-13,19H,5,14-15H2,1-4H3,(H,24,28)(H,25,27). The zero-order valence-corrected chi connectivity index (χ0v) is 19.5. The van der Waals surface area contributed by atoms with Crippen molar-refractivity contribution >= 4 is 41.0 Å². The molecule has 3 amide bonds. The summed E-state index contributed by atoms with van der Waals surface area (Å²) in [6, 6.07) is 12.9. The molecule has 0 saturated carbocycles. The largest absolute Gasteiger partial charge is 0.496 e. The molecule has 0 radical (unpaired) electrons. The molecule has 0 aliphatic rings. The number of thioether (sulfide) groups is 1. The summed E-state index contributed by atoms with van der Waals surface area (Å²) in [6.45, 7) is 2.03. The van der Waals surface area contributed by atoms with Gasteiger partial charge in [0.15, 0.2) is 0 Å². The first-order valence-electron chi connectivity index (χ1n) is 10.2. The van der Waals surface area contributed by atoms with Gasteiger partial charge in [-0.1, -0.05) is 12.1 Å². The Bertz CT molecular complexity index is 920. The van der Waals surface area contributed by atoms with Crippen LogP contribution in [0.2, 0.25) is 0 Å². The van der Waals surface area contributed by atoms with Gasteiger partial charge in [-0.2, -0.15) is 11.8 Å². The monoisotopic (exact) mass is 459 g/mol. The molecule has 1 atom stereocenters. The van der Waals surface area contributed by atoms with Crippen LogP contribution in [-0.2, 0) is 9.53 Å². The summed E-state index contributed by atoms with van der Waals surface area (Å²) in [7, 11) is 3.10. The predicted molar refractivity (Wildman–Crippen MR) is 128 cm³/mol. The molecule has 2 aromatic rings. The third-order valence-corrected chi connectivity index (χ3v) is 5.29. The summed E-state index contributed by atoms with van der Waals surface area (Å²) in [4.78, 5) is 38.9. The average Bonchev–Trinajstić information content (AvgIpc) is 2.81. The lowest BCUT2D eigenvalue weighted by atomic mass is 10.1. The summed E-state index contributed by atoms with van der Waals surface area (Å²) < 4.78 is 10.2. The number of nitrogens with zero attached hydrogens (tertiary/aromatic N) is 1. The number of para-hydroxylation sites is 1. The number of rotatable bonds is 10. The lowest BCUT2D eigenvalue weighted by molar-refractivity contribution is -0.118. The maximum atomic E-state index is 12.9. The van der Waals surface area contributed by atoms with Gasteiger partial charge >= 0.3 is 6.09 Å². The first-order chi connectivity index (χ1) is 15.4. The Morgan fingerprint density at radius 1 is 1.09 bits per heavy atom. The lowest BCUT2D eigenvalue weighted by Gasteiger charge is -2.20. The minimum atomic E-state index is -0.721. The van der Waals surface area contributed by atoms with Crippen LogP contribution in [0.1, 0.15) is 23.7 Å². The van der Waals surface area contributed by atoms with Crippen molar-refractivity contribution in [3.05, 3.63) is 54.1 Å². The van der Waals surface area contributed by atoms with E-state index in [1.807, 2.05) is 6.26 Å². The summed E-state index contributed by atoms with van der Waals surface area (Å²) in [6.07, 6.45) is 1.95. The van der Waals surface area contributed by atoms with Gasteiger partial charge in [-0.05, 0) is 61.8 Å². The minimum absolute atomic E-state index is 0.287. The third kappa shape index (κ3) is 6.91. The van der Waals surface area contributed by atoms with Gasteiger partial charge in [0.25, 0.3) is 5.91 Å². The summed E-state index contributed by atoms with van der Waals surface area (Å²) in [5, 5.41) is 5.64. The van der Waals surface area contributed by atoms with Crippen molar-refractivity contribution < 1.29 is 23.9 Å². The van der Waals surface area contributed by atoms with Crippen LogP contribution in [-0.4, -0.2) is 56.7 Å². The molecule has 2 aromatic carbocycles. The third-order valence-electron chi connectivity index (χ3n) is 4.65. The van der Waals surface area contributed by atoms with E-state index >= 15 is 0 Å². The van der Waals surface area contributed by atoms with Crippen LogP contribution < -0.4 is 20.3 Å². The predicted octanol–water partition coefficient (Wildman–Crippen LogP) is 3.78. The molecule has 2 N–H and O–H groups in total. The van der Waals surface area contributed by atoms with Crippen LogP contribution in [0, 0.1) is 0 Å². The Morgan fingerprint density at radius 3 is 2.41 bits per heavy atom. The van der Waals surface area contributed by atoms with Gasteiger partial charge in [0, 0.05) is 18.4 Å². The van der Waals surface area contributed by atoms with Crippen LogP contribution in [0.4, 0.5) is 16.2 Å². The van der Waals surface area contributed by atoms with Crippen molar-refractivity contribution in [1.82, 2.24) is 5.32 Å². The maximum Gasteiger partial charge on any atom is 0.413 e.